The molecule has 0 spiro atoms. The first-order valence-electron chi connectivity index (χ1n) is 7.42. The van der Waals surface area contributed by atoms with Gasteiger partial charge in [-0.2, -0.15) is 0 Å². The highest BCUT2D eigenvalue weighted by Gasteiger charge is 2.33. The first-order valence-corrected chi connectivity index (χ1v) is 7.42. The van der Waals surface area contributed by atoms with E-state index >= 15 is 0 Å². The van der Waals surface area contributed by atoms with Crippen molar-refractivity contribution in [2.45, 2.75) is 50.7 Å². The number of amides is 1. The van der Waals surface area contributed by atoms with E-state index in [2.05, 4.69) is 5.32 Å². The normalized spacial score (nSPS) is 29.0. The van der Waals surface area contributed by atoms with E-state index in [1.807, 2.05) is 0 Å². The van der Waals surface area contributed by atoms with E-state index in [0.717, 1.165) is 43.2 Å². The lowest BCUT2D eigenvalue weighted by atomic mass is 9.87. The molecule has 108 valence electrons. The molecule has 2 aliphatic carbocycles. The van der Waals surface area contributed by atoms with Crippen molar-refractivity contribution in [2.75, 3.05) is 0 Å². The van der Waals surface area contributed by atoms with Gasteiger partial charge in [0.2, 0.25) is 5.91 Å². The van der Waals surface area contributed by atoms with Crippen molar-refractivity contribution in [1.29, 1.82) is 0 Å². The molecule has 0 aromatic heterocycles. The van der Waals surface area contributed by atoms with Crippen LogP contribution in [0.25, 0.3) is 0 Å². The average molecular weight is 277 g/mol. The lowest BCUT2D eigenvalue weighted by molar-refractivity contribution is -0.128. The maximum absolute atomic E-state index is 13.3. The number of nitrogens with one attached hydrogen (secondary N) is 1. The number of rotatable bonds is 2. The minimum atomic E-state index is -0.508. The van der Waals surface area contributed by atoms with E-state index in [1.54, 1.807) is 12.1 Å². The molecule has 1 aromatic carbocycles. The number of aliphatic hydroxyl groups excluding tert-OH is 1. The Balaban J connectivity index is 1.74. The Bertz CT molecular complexity index is 517. The minimum absolute atomic E-state index is 0.0420. The number of aryl methyl sites for hydroxylation is 1. The molecule has 0 radical (unpaired) electrons. The molecule has 0 saturated heterocycles. The summed E-state index contributed by atoms with van der Waals surface area (Å²) in [4.78, 5) is 12.3. The van der Waals surface area contributed by atoms with E-state index in [9.17, 15) is 14.3 Å². The van der Waals surface area contributed by atoms with E-state index < -0.39 is 6.10 Å². The average Bonchev–Trinajstić information content (AvgIpc) is 2.85. The minimum Gasteiger partial charge on any atom is -0.392 e. The summed E-state index contributed by atoms with van der Waals surface area (Å²) in [6.07, 6.45) is 4.57. The second-order valence-corrected chi connectivity index (χ2v) is 5.90. The molecular formula is C16H20FNO2. The maximum Gasteiger partial charge on any atom is 0.226 e. The molecule has 2 aliphatic rings. The molecule has 1 amide bonds. The van der Waals surface area contributed by atoms with Crippen LogP contribution in [0.3, 0.4) is 0 Å². The van der Waals surface area contributed by atoms with Gasteiger partial charge in [-0.25, -0.2) is 4.39 Å². The lowest BCUT2D eigenvalue weighted by Crippen LogP contribution is -2.38. The van der Waals surface area contributed by atoms with Crippen molar-refractivity contribution < 1.29 is 14.3 Å². The largest absolute Gasteiger partial charge is 0.392 e. The zero-order valence-corrected chi connectivity index (χ0v) is 11.4. The first kappa shape index (κ1) is 13.6. The summed E-state index contributed by atoms with van der Waals surface area (Å²) in [5.41, 5.74) is 2.02. The number of hydrogen-bond donors (Lipinski definition) is 2. The van der Waals surface area contributed by atoms with Gasteiger partial charge in [0.05, 0.1) is 18.1 Å². The van der Waals surface area contributed by atoms with Gasteiger partial charge in [0.25, 0.3) is 0 Å². The second-order valence-electron chi connectivity index (χ2n) is 5.90. The van der Waals surface area contributed by atoms with Crippen LogP contribution in [0.15, 0.2) is 18.2 Å². The van der Waals surface area contributed by atoms with Gasteiger partial charge in [-0.1, -0.05) is 6.07 Å². The van der Waals surface area contributed by atoms with Crippen LogP contribution in [0.2, 0.25) is 0 Å². The third-order valence-corrected chi connectivity index (χ3v) is 4.55. The first-order chi connectivity index (χ1) is 9.65. The van der Waals surface area contributed by atoms with Gasteiger partial charge in [-0.15, -0.1) is 0 Å². The van der Waals surface area contributed by atoms with Crippen LogP contribution in [-0.2, 0) is 11.2 Å². The molecule has 0 heterocycles. The number of fused-ring (bicyclic) bond motifs is 1. The Morgan fingerprint density at radius 3 is 2.85 bits per heavy atom. The Kier molecular flexibility index (Phi) is 3.74. The molecule has 4 heteroatoms. The summed E-state index contributed by atoms with van der Waals surface area (Å²) >= 11 is 0. The standard InChI is InChI=1S/C16H20FNO2/c17-11-7-8-12-10(9-11)3-1-5-14(12)18-16(20)13-4-2-6-15(13)19/h7-9,13-15,19H,1-6H2,(H,18,20). The monoisotopic (exact) mass is 277 g/mol. The summed E-state index contributed by atoms with van der Waals surface area (Å²) in [7, 11) is 0. The van der Waals surface area contributed by atoms with Crippen molar-refractivity contribution in [3.05, 3.63) is 35.1 Å². The maximum atomic E-state index is 13.3. The number of carbonyl (C=O) groups excluding carboxylic acids is 1. The molecule has 1 saturated carbocycles. The van der Waals surface area contributed by atoms with Crippen molar-refractivity contribution in [1.82, 2.24) is 5.32 Å². The fraction of sp³-hybridized carbons (Fsp3) is 0.562. The molecule has 2 N–H and O–H groups in total. The number of aliphatic hydroxyl groups is 1. The van der Waals surface area contributed by atoms with Gasteiger partial charge >= 0.3 is 0 Å². The molecule has 1 aromatic rings. The number of carbonyl (C=O) groups is 1. The van der Waals surface area contributed by atoms with Crippen molar-refractivity contribution in [2.24, 2.45) is 5.92 Å². The van der Waals surface area contributed by atoms with Crippen LogP contribution in [0.4, 0.5) is 4.39 Å². The summed E-state index contributed by atoms with van der Waals surface area (Å²) in [5.74, 6) is -0.556. The van der Waals surface area contributed by atoms with Crippen LogP contribution in [0.1, 0.15) is 49.3 Å². The molecule has 1 fully saturated rings. The summed E-state index contributed by atoms with van der Waals surface area (Å²) in [6, 6.07) is 4.76. The zero-order chi connectivity index (χ0) is 14.1. The Morgan fingerprint density at radius 2 is 2.10 bits per heavy atom. The molecule has 3 atom stereocenters. The molecule has 0 aliphatic heterocycles. The lowest BCUT2D eigenvalue weighted by Gasteiger charge is -2.28. The smallest absolute Gasteiger partial charge is 0.226 e. The fourth-order valence-electron chi connectivity index (χ4n) is 3.46. The van der Waals surface area contributed by atoms with Gasteiger partial charge < -0.3 is 10.4 Å². The van der Waals surface area contributed by atoms with E-state index in [4.69, 9.17) is 0 Å². The van der Waals surface area contributed by atoms with E-state index in [-0.39, 0.29) is 23.7 Å². The number of halogens is 1. The number of benzene rings is 1. The van der Waals surface area contributed by atoms with Crippen LogP contribution < -0.4 is 5.32 Å². The predicted molar refractivity (Wildman–Crippen MR) is 73.6 cm³/mol. The van der Waals surface area contributed by atoms with Crippen LogP contribution in [0, 0.1) is 11.7 Å². The zero-order valence-electron chi connectivity index (χ0n) is 11.4. The van der Waals surface area contributed by atoms with Crippen molar-refractivity contribution in [3.63, 3.8) is 0 Å². The molecular weight excluding hydrogens is 257 g/mol. The van der Waals surface area contributed by atoms with Crippen LogP contribution in [-0.4, -0.2) is 17.1 Å². The highest BCUT2D eigenvalue weighted by Crippen LogP contribution is 2.32. The van der Waals surface area contributed by atoms with Crippen LogP contribution >= 0.6 is 0 Å². The van der Waals surface area contributed by atoms with Gasteiger partial charge in [0.15, 0.2) is 0 Å². The third kappa shape index (κ3) is 2.57. The second kappa shape index (κ2) is 5.52. The quantitative estimate of drug-likeness (QED) is 0.872. The van der Waals surface area contributed by atoms with E-state index in [0.29, 0.717) is 6.42 Å². The van der Waals surface area contributed by atoms with Gasteiger partial charge in [0, 0.05) is 0 Å². The van der Waals surface area contributed by atoms with Crippen molar-refractivity contribution >= 4 is 5.91 Å². The molecule has 3 unspecified atom stereocenters. The van der Waals surface area contributed by atoms with Gasteiger partial charge in [-0.3, -0.25) is 4.79 Å². The van der Waals surface area contributed by atoms with Gasteiger partial charge in [0.1, 0.15) is 5.82 Å². The molecule has 3 rings (SSSR count). The highest BCUT2D eigenvalue weighted by atomic mass is 19.1. The van der Waals surface area contributed by atoms with Crippen LogP contribution in [0.5, 0.6) is 0 Å². The highest BCUT2D eigenvalue weighted by molar-refractivity contribution is 5.80. The molecule has 3 nitrogen and oxygen atoms in total. The molecule has 0 bridgehead atoms. The fourth-order valence-corrected chi connectivity index (χ4v) is 3.46. The summed E-state index contributed by atoms with van der Waals surface area (Å²) < 4.78 is 13.3. The predicted octanol–water partition coefficient (Wildman–Crippen LogP) is 2.48. The third-order valence-electron chi connectivity index (χ3n) is 4.55. The van der Waals surface area contributed by atoms with Gasteiger partial charge in [-0.05, 0) is 61.8 Å². The Hall–Kier alpha value is -1.42. The summed E-state index contributed by atoms with van der Waals surface area (Å²) in [6.45, 7) is 0. The Labute approximate surface area is 118 Å². The summed E-state index contributed by atoms with van der Waals surface area (Å²) in [5, 5.41) is 12.9. The van der Waals surface area contributed by atoms with E-state index in [1.165, 1.54) is 6.07 Å². The van der Waals surface area contributed by atoms with Crippen molar-refractivity contribution in [3.8, 4) is 0 Å². The number of hydrogen-bond acceptors (Lipinski definition) is 2. The SMILES string of the molecule is O=C(NC1CCCc2cc(F)ccc21)C1CCCC1O. The topological polar surface area (TPSA) is 49.3 Å². The Morgan fingerprint density at radius 1 is 1.25 bits per heavy atom. The molecule has 20 heavy (non-hydrogen) atoms.